The molecule has 7 nitrogen and oxygen atoms in total. The van der Waals surface area contributed by atoms with Crippen LogP contribution in [0.25, 0.3) is 11.0 Å². The number of aliphatic hydroxyl groups is 1. The van der Waals surface area contributed by atoms with Crippen LogP contribution in [-0.2, 0) is 4.79 Å². The lowest BCUT2D eigenvalue weighted by Gasteiger charge is -2.47. The Labute approximate surface area is 218 Å². The van der Waals surface area contributed by atoms with Crippen molar-refractivity contribution in [2.75, 3.05) is 20.2 Å². The summed E-state index contributed by atoms with van der Waals surface area (Å²) in [6.45, 7) is 1.03. The number of halogens is 3. The number of pyridine rings is 2. The molecule has 1 saturated carbocycles. The molecule has 0 amide bonds. The second kappa shape index (κ2) is 10.9. The number of aliphatic hydroxyl groups excluding tert-OH is 1. The Morgan fingerprint density at radius 2 is 1.97 bits per heavy atom. The van der Waals surface area contributed by atoms with Crippen molar-refractivity contribution in [3.8, 4) is 5.88 Å². The highest BCUT2D eigenvalue weighted by molar-refractivity contribution is 5.78. The number of benzene rings is 1. The van der Waals surface area contributed by atoms with E-state index in [9.17, 15) is 28.2 Å². The molecule has 0 radical (unpaired) electrons. The van der Waals surface area contributed by atoms with Crippen LogP contribution in [0.4, 0.5) is 13.2 Å². The zero-order chi connectivity index (χ0) is 27.0. The maximum atomic E-state index is 14.7. The highest BCUT2D eigenvalue weighted by Crippen LogP contribution is 2.43. The van der Waals surface area contributed by atoms with Gasteiger partial charge >= 0.3 is 5.97 Å². The molecule has 1 aliphatic carbocycles. The first kappa shape index (κ1) is 26.4. The van der Waals surface area contributed by atoms with Gasteiger partial charge in [0, 0.05) is 24.2 Å². The fourth-order valence-corrected chi connectivity index (χ4v) is 5.94. The van der Waals surface area contributed by atoms with Crippen LogP contribution in [0.5, 0.6) is 5.88 Å². The van der Waals surface area contributed by atoms with Crippen LogP contribution >= 0.6 is 0 Å². The first-order valence-corrected chi connectivity index (χ1v) is 12.8. The molecular formula is C28H30F3N3O4. The molecule has 1 aromatic carbocycles. The standard InChI is InChI=1S/C28H30F3N3O4/c1-38-25-7-5-23-27(33-25)26(22(31)13-32-23)24(35)6-2-15-8-9-34(14-20(15)28(36)37)18-10-16(11-18)19-12-17(29)3-4-21(19)30/h3-5,7,12-13,15-16,18,20,24,35H,2,6,8-11,14H2,1H3,(H,36,37)/t15-,16?,18?,20+,24?/m1/s1. The van der Waals surface area contributed by atoms with E-state index in [2.05, 4.69) is 14.9 Å². The van der Waals surface area contributed by atoms with Crippen LogP contribution in [0.1, 0.15) is 55.3 Å². The molecular weight excluding hydrogens is 499 g/mol. The fraction of sp³-hybridized carbons (Fsp3) is 0.464. The fourth-order valence-electron chi connectivity index (χ4n) is 5.94. The third-order valence-corrected chi connectivity index (χ3v) is 8.16. The number of ether oxygens (including phenoxy) is 1. The van der Waals surface area contributed by atoms with Crippen LogP contribution in [0.3, 0.4) is 0 Å². The summed E-state index contributed by atoms with van der Waals surface area (Å²) in [5, 5.41) is 20.9. The molecule has 10 heteroatoms. The number of carboxylic acids is 1. The van der Waals surface area contributed by atoms with E-state index in [0.29, 0.717) is 49.9 Å². The SMILES string of the molecule is COc1ccc2ncc(F)c(C(O)CC[C@@H]3CCN(C4CC(c5cc(F)ccc5F)C4)C[C@@H]3C(=O)O)c2n1. The molecule has 1 aliphatic heterocycles. The van der Waals surface area contributed by atoms with E-state index in [1.807, 2.05) is 0 Å². The summed E-state index contributed by atoms with van der Waals surface area (Å²) in [4.78, 5) is 22.6. The van der Waals surface area contributed by atoms with Gasteiger partial charge in [0.2, 0.25) is 5.88 Å². The molecule has 1 unspecified atom stereocenters. The third-order valence-electron chi connectivity index (χ3n) is 8.16. The summed E-state index contributed by atoms with van der Waals surface area (Å²) in [6.07, 6.45) is 2.37. The van der Waals surface area contributed by atoms with Crippen molar-refractivity contribution in [3.05, 3.63) is 65.1 Å². The lowest BCUT2D eigenvalue weighted by Crippen LogP contribution is -2.52. The minimum atomic E-state index is -1.18. The van der Waals surface area contributed by atoms with E-state index in [1.165, 1.54) is 13.2 Å². The van der Waals surface area contributed by atoms with Gasteiger partial charge in [-0.15, -0.1) is 0 Å². The van der Waals surface area contributed by atoms with Gasteiger partial charge in [0.05, 0.1) is 30.8 Å². The van der Waals surface area contributed by atoms with E-state index >= 15 is 0 Å². The summed E-state index contributed by atoms with van der Waals surface area (Å²) in [7, 11) is 1.44. The first-order valence-electron chi connectivity index (χ1n) is 12.8. The van der Waals surface area contributed by atoms with Crippen molar-refractivity contribution in [1.82, 2.24) is 14.9 Å². The smallest absolute Gasteiger partial charge is 0.308 e. The summed E-state index contributed by atoms with van der Waals surface area (Å²) in [5.74, 6) is -3.10. The number of carboxylic acid groups (broad SMARTS) is 1. The van der Waals surface area contributed by atoms with E-state index < -0.39 is 35.4 Å². The van der Waals surface area contributed by atoms with Gasteiger partial charge in [-0.3, -0.25) is 14.7 Å². The van der Waals surface area contributed by atoms with Crippen molar-refractivity contribution in [3.63, 3.8) is 0 Å². The number of hydrogen-bond acceptors (Lipinski definition) is 6. The number of nitrogens with zero attached hydrogens (tertiary/aromatic N) is 3. The molecule has 5 rings (SSSR count). The number of methoxy groups -OCH3 is 1. The van der Waals surface area contributed by atoms with Crippen LogP contribution in [0, 0.1) is 29.3 Å². The number of likely N-dealkylation sites (tertiary alicyclic amines) is 1. The van der Waals surface area contributed by atoms with Gasteiger partial charge in [0.25, 0.3) is 0 Å². The Bertz CT molecular complexity index is 1330. The van der Waals surface area contributed by atoms with Gasteiger partial charge in [0.15, 0.2) is 0 Å². The molecule has 0 bridgehead atoms. The van der Waals surface area contributed by atoms with E-state index in [0.717, 1.165) is 18.3 Å². The minimum Gasteiger partial charge on any atom is -0.481 e. The Balaban J connectivity index is 1.22. The minimum absolute atomic E-state index is 0.0308. The van der Waals surface area contributed by atoms with Gasteiger partial charge in [-0.05, 0) is 80.3 Å². The summed E-state index contributed by atoms with van der Waals surface area (Å²) in [6, 6.07) is 6.86. The van der Waals surface area contributed by atoms with Gasteiger partial charge in [-0.1, -0.05) is 0 Å². The number of piperidine rings is 1. The average Bonchev–Trinajstić information content (AvgIpc) is 2.88. The van der Waals surface area contributed by atoms with Gasteiger partial charge in [-0.25, -0.2) is 18.2 Å². The lowest BCUT2D eigenvalue weighted by molar-refractivity contribution is -0.147. The molecule has 2 aromatic heterocycles. The molecule has 3 aromatic rings. The molecule has 2 fully saturated rings. The van der Waals surface area contributed by atoms with Gasteiger partial charge < -0.3 is 14.9 Å². The second-order valence-electron chi connectivity index (χ2n) is 10.3. The number of fused-ring (bicyclic) bond motifs is 1. The molecule has 3 atom stereocenters. The van der Waals surface area contributed by atoms with Crippen molar-refractivity contribution in [2.24, 2.45) is 11.8 Å². The molecule has 1 saturated heterocycles. The molecule has 2 aliphatic rings. The van der Waals surface area contributed by atoms with Crippen molar-refractivity contribution in [2.45, 2.75) is 50.2 Å². The number of rotatable bonds is 8. The number of aliphatic carboxylic acids is 1. The second-order valence-corrected chi connectivity index (χ2v) is 10.3. The monoisotopic (exact) mass is 529 g/mol. The van der Waals surface area contributed by atoms with Crippen molar-refractivity contribution in [1.29, 1.82) is 0 Å². The maximum absolute atomic E-state index is 14.7. The van der Waals surface area contributed by atoms with Crippen molar-refractivity contribution >= 4 is 17.0 Å². The predicted octanol–water partition coefficient (Wildman–Crippen LogP) is 4.84. The largest absolute Gasteiger partial charge is 0.481 e. The topological polar surface area (TPSA) is 95.8 Å². The summed E-state index contributed by atoms with van der Waals surface area (Å²) >= 11 is 0. The summed E-state index contributed by atoms with van der Waals surface area (Å²) < 4.78 is 47.6. The van der Waals surface area contributed by atoms with E-state index in [1.54, 1.807) is 12.1 Å². The Morgan fingerprint density at radius 1 is 1.18 bits per heavy atom. The molecule has 3 heterocycles. The van der Waals surface area contributed by atoms with Gasteiger partial charge in [-0.2, -0.15) is 0 Å². The van der Waals surface area contributed by atoms with Crippen LogP contribution in [0.2, 0.25) is 0 Å². The van der Waals surface area contributed by atoms with Gasteiger partial charge in [0.1, 0.15) is 23.0 Å². The van der Waals surface area contributed by atoms with E-state index in [-0.39, 0.29) is 41.3 Å². The lowest BCUT2D eigenvalue weighted by atomic mass is 9.73. The highest BCUT2D eigenvalue weighted by atomic mass is 19.1. The van der Waals surface area contributed by atoms with Crippen LogP contribution < -0.4 is 4.74 Å². The van der Waals surface area contributed by atoms with Crippen LogP contribution in [0.15, 0.2) is 36.5 Å². The third kappa shape index (κ3) is 5.19. The zero-order valence-corrected chi connectivity index (χ0v) is 21.0. The van der Waals surface area contributed by atoms with Crippen LogP contribution in [-0.4, -0.2) is 57.3 Å². The van der Waals surface area contributed by atoms with E-state index in [4.69, 9.17) is 4.74 Å². The Kier molecular flexibility index (Phi) is 7.54. The Morgan fingerprint density at radius 3 is 2.71 bits per heavy atom. The molecule has 2 N–H and O–H groups in total. The first-order chi connectivity index (χ1) is 18.2. The average molecular weight is 530 g/mol. The number of carbonyl (C=O) groups is 1. The normalized spacial score (nSPS) is 24.7. The number of aromatic nitrogens is 2. The maximum Gasteiger partial charge on any atom is 0.308 e. The quantitative estimate of drug-likeness (QED) is 0.431. The molecule has 38 heavy (non-hydrogen) atoms. The number of hydrogen-bond donors (Lipinski definition) is 2. The summed E-state index contributed by atoms with van der Waals surface area (Å²) in [5.41, 5.74) is 1.05. The molecule has 0 spiro atoms. The molecule has 202 valence electrons. The Hall–Kier alpha value is -3.24. The zero-order valence-electron chi connectivity index (χ0n) is 21.0. The predicted molar refractivity (Wildman–Crippen MR) is 133 cm³/mol. The highest BCUT2D eigenvalue weighted by Gasteiger charge is 2.42. The van der Waals surface area contributed by atoms with Crippen molar-refractivity contribution < 1.29 is 32.9 Å².